The number of benzene rings is 1. The van der Waals surface area contributed by atoms with Crippen LogP contribution in [-0.4, -0.2) is 28.5 Å². The van der Waals surface area contributed by atoms with Gasteiger partial charge in [0.2, 0.25) is 0 Å². The Morgan fingerprint density at radius 3 is 2.67 bits per heavy atom. The maximum Gasteiger partial charge on any atom is 0.0935 e. The van der Waals surface area contributed by atoms with Gasteiger partial charge >= 0.3 is 0 Å². The van der Waals surface area contributed by atoms with Crippen LogP contribution in [0, 0.1) is 0 Å². The van der Waals surface area contributed by atoms with E-state index < -0.39 is 10.0 Å². The number of rotatable bonds is 2. The first-order valence-corrected chi connectivity index (χ1v) is 8.55. The van der Waals surface area contributed by atoms with E-state index in [4.69, 9.17) is 0 Å². The Kier molecular flexibility index (Phi) is 2.81. The van der Waals surface area contributed by atoms with Crippen LogP contribution in [0.4, 0.5) is 0 Å². The Hall–Kier alpha value is -0.480. The van der Waals surface area contributed by atoms with E-state index in [1.807, 2.05) is 6.07 Å². The van der Waals surface area contributed by atoms with Crippen molar-refractivity contribution in [3.63, 3.8) is 0 Å². The summed E-state index contributed by atoms with van der Waals surface area (Å²) < 4.78 is 3.18. The van der Waals surface area contributed by atoms with Gasteiger partial charge in [-0.1, -0.05) is 22.0 Å². The third kappa shape index (κ3) is 2.55. The molecule has 0 saturated heterocycles. The molecular weight excluding hydrogens is 272 g/mol. The minimum absolute atomic E-state index is 0.553. The van der Waals surface area contributed by atoms with Crippen LogP contribution in [0.2, 0.25) is 0 Å². The normalized spacial score (nSPS) is 13.3. The molecule has 0 saturated carbocycles. The Morgan fingerprint density at radius 1 is 1.33 bits per heavy atom. The second kappa shape index (κ2) is 3.83. The second-order valence-electron chi connectivity index (χ2n) is 4.56. The molecule has 0 aliphatic carbocycles. The maximum atomic E-state index is 4.57. The zero-order valence-electron chi connectivity index (χ0n) is 9.20. The van der Waals surface area contributed by atoms with Gasteiger partial charge in [-0.05, 0) is 30.9 Å². The van der Waals surface area contributed by atoms with E-state index >= 15 is 0 Å². The summed E-state index contributed by atoms with van der Waals surface area (Å²) >= 11 is 3.54. The summed E-state index contributed by atoms with van der Waals surface area (Å²) in [7, 11) is -0.553. The zero-order chi connectivity index (χ0) is 11.1. The Bertz CT molecular complexity index is 485. The smallest absolute Gasteiger partial charge is 0.0935 e. The minimum Gasteiger partial charge on any atom is -0.263 e. The van der Waals surface area contributed by atoms with E-state index in [2.05, 4.69) is 62.8 Å². The lowest BCUT2D eigenvalue weighted by Crippen LogP contribution is -2.05. The summed E-state index contributed by atoms with van der Waals surface area (Å²) in [4.78, 5) is 0. The summed E-state index contributed by atoms with van der Waals surface area (Å²) in [6, 6.07) is 6.13. The first kappa shape index (κ1) is 11.0. The average Bonchev–Trinajstić information content (AvgIpc) is 2.45. The summed E-state index contributed by atoms with van der Waals surface area (Å²) in [5, 5.41) is 5.76. The molecule has 2 aromatic rings. The monoisotopic (exact) mass is 286 g/mol. The van der Waals surface area contributed by atoms with E-state index in [9.17, 15) is 0 Å². The average molecular weight is 287 g/mol. The SMILES string of the molecule is CS(C)(C)Cn1cc2c(Br)cccc2n1. The van der Waals surface area contributed by atoms with Crippen molar-refractivity contribution in [1.29, 1.82) is 0 Å². The molecule has 0 bridgehead atoms. The number of nitrogens with zero attached hydrogens (tertiary/aromatic N) is 2. The van der Waals surface area contributed by atoms with Crippen LogP contribution in [-0.2, 0) is 5.88 Å². The van der Waals surface area contributed by atoms with Crippen molar-refractivity contribution in [3.05, 3.63) is 28.9 Å². The van der Waals surface area contributed by atoms with Crippen LogP contribution in [0.25, 0.3) is 10.9 Å². The Balaban J connectivity index is 2.44. The Morgan fingerprint density at radius 2 is 2.07 bits per heavy atom. The van der Waals surface area contributed by atoms with E-state index in [0.717, 1.165) is 15.9 Å². The first-order valence-electron chi connectivity index (χ1n) is 4.73. The van der Waals surface area contributed by atoms with Crippen molar-refractivity contribution in [2.24, 2.45) is 0 Å². The molecule has 0 unspecified atom stereocenters. The molecule has 82 valence electrons. The fraction of sp³-hybridized carbons (Fsp3) is 0.364. The van der Waals surface area contributed by atoms with Crippen molar-refractivity contribution in [1.82, 2.24) is 9.78 Å². The fourth-order valence-electron chi connectivity index (χ4n) is 1.52. The molecule has 0 N–H and O–H groups in total. The fourth-order valence-corrected chi connectivity index (χ4v) is 2.90. The molecule has 0 aliphatic rings. The number of hydrogen-bond acceptors (Lipinski definition) is 1. The van der Waals surface area contributed by atoms with Gasteiger partial charge in [-0.2, -0.15) is 5.10 Å². The van der Waals surface area contributed by atoms with Gasteiger partial charge in [0.05, 0.1) is 11.4 Å². The molecule has 15 heavy (non-hydrogen) atoms. The first-order chi connectivity index (χ1) is 6.96. The molecule has 4 heteroatoms. The van der Waals surface area contributed by atoms with Gasteiger partial charge in [-0.3, -0.25) is 4.68 Å². The lowest BCUT2D eigenvalue weighted by molar-refractivity contribution is 0.757. The van der Waals surface area contributed by atoms with E-state index in [-0.39, 0.29) is 0 Å². The molecule has 1 aromatic carbocycles. The summed E-state index contributed by atoms with van der Waals surface area (Å²) in [5.41, 5.74) is 1.06. The van der Waals surface area contributed by atoms with E-state index in [1.54, 1.807) is 0 Å². The molecule has 0 aliphatic heterocycles. The van der Waals surface area contributed by atoms with Gasteiger partial charge in [-0.15, -0.1) is 0 Å². The molecule has 2 nitrogen and oxygen atoms in total. The van der Waals surface area contributed by atoms with Crippen LogP contribution in [0.5, 0.6) is 0 Å². The molecule has 0 fully saturated rings. The number of fused-ring (bicyclic) bond motifs is 1. The molecule has 1 aromatic heterocycles. The number of halogens is 1. The highest BCUT2D eigenvalue weighted by Crippen LogP contribution is 2.36. The van der Waals surface area contributed by atoms with Crippen molar-refractivity contribution in [2.75, 3.05) is 18.8 Å². The van der Waals surface area contributed by atoms with Gasteiger partial charge in [0.25, 0.3) is 0 Å². The van der Waals surface area contributed by atoms with Crippen molar-refractivity contribution in [3.8, 4) is 0 Å². The van der Waals surface area contributed by atoms with Crippen LogP contribution in [0.15, 0.2) is 28.9 Å². The van der Waals surface area contributed by atoms with Gasteiger partial charge in [0.1, 0.15) is 0 Å². The van der Waals surface area contributed by atoms with Gasteiger partial charge in [-0.25, -0.2) is 10.0 Å². The third-order valence-corrected chi connectivity index (χ3v) is 3.79. The quantitative estimate of drug-likeness (QED) is 0.827. The highest BCUT2D eigenvalue weighted by Gasteiger charge is 2.08. The van der Waals surface area contributed by atoms with Gasteiger partial charge in [0, 0.05) is 16.1 Å². The maximum absolute atomic E-state index is 4.57. The van der Waals surface area contributed by atoms with Crippen molar-refractivity contribution in [2.45, 2.75) is 5.88 Å². The number of aromatic nitrogens is 2. The predicted octanol–water partition coefficient (Wildman–Crippen LogP) is 3.45. The summed E-state index contributed by atoms with van der Waals surface area (Å²) in [6.07, 6.45) is 9.02. The standard InChI is InChI=1S/C11H15BrN2S/c1-15(2,3)8-14-7-9-10(12)5-4-6-11(9)13-14/h4-7H,8H2,1-3H3. The summed E-state index contributed by atoms with van der Waals surface area (Å²) in [6.45, 7) is 0. The lowest BCUT2D eigenvalue weighted by atomic mass is 10.3. The zero-order valence-corrected chi connectivity index (χ0v) is 11.6. The Labute approximate surface area is 100 Å². The van der Waals surface area contributed by atoms with Crippen molar-refractivity contribution < 1.29 is 0 Å². The van der Waals surface area contributed by atoms with E-state index in [0.29, 0.717) is 0 Å². The molecule has 2 rings (SSSR count). The van der Waals surface area contributed by atoms with Crippen LogP contribution >= 0.6 is 26.0 Å². The van der Waals surface area contributed by atoms with Crippen LogP contribution < -0.4 is 0 Å². The summed E-state index contributed by atoms with van der Waals surface area (Å²) in [5.74, 6) is 1.02. The molecule has 0 spiro atoms. The third-order valence-electron chi connectivity index (χ3n) is 2.06. The highest BCUT2D eigenvalue weighted by atomic mass is 79.9. The van der Waals surface area contributed by atoms with E-state index in [1.165, 1.54) is 5.39 Å². The molecule has 0 radical (unpaired) electrons. The second-order valence-corrected chi connectivity index (χ2v) is 9.86. The predicted molar refractivity (Wildman–Crippen MR) is 72.8 cm³/mol. The van der Waals surface area contributed by atoms with Crippen LogP contribution in [0.1, 0.15) is 0 Å². The van der Waals surface area contributed by atoms with Gasteiger partial charge in [0.15, 0.2) is 0 Å². The molecule has 1 heterocycles. The number of hydrogen-bond donors (Lipinski definition) is 0. The minimum atomic E-state index is -0.553. The largest absolute Gasteiger partial charge is 0.263 e. The van der Waals surface area contributed by atoms with Gasteiger partial charge < -0.3 is 0 Å². The van der Waals surface area contributed by atoms with Crippen molar-refractivity contribution >= 4 is 36.9 Å². The van der Waals surface area contributed by atoms with Crippen LogP contribution in [0.3, 0.4) is 0 Å². The molecular formula is C11H15BrN2S. The molecule has 0 atom stereocenters. The lowest BCUT2D eigenvalue weighted by Gasteiger charge is -2.24. The molecule has 0 amide bonds. The topological polar surface area (TPSA) is 17.8 Å². The highest BCUT2D eigenvalue weighted by molar-refractivity contribution is 9.10.